The summed E-state index contributed by atoms with van der Waals surface area (Å²) in [6.07, 6.45) is -2.55. The predicted molar refractivity (Wildman–Crippen MR) is 45.0 cm³/mol. The van der Waals surface area contributed by atoms with Gasteiger partial charge in [-0.3, -0.25) is 0 Å². The molecule has 1 nitrogen and oxygen atoms in total. The Morgan fingerprint density at radius 1 is 1.42 bits per heavy atom. The average molecular weight is 237 g/mol. The molecule has 0 aromatic heterocycles. The molecule has 0 bridgehead atoms. The molecule has 0 saturated heterocycles. The van der Waals surface area contributed by atoms with Crippen LogP contribution in [0.1, 0.15) is 17.6 Å². The van der Waals surface area contributed by atoms with Crippen molar-refractivity contribution in [3.63, 3.8) is 0 Å². The second-order valence-electron chi connectivity index (χ2n) is 2.27. The first-order chi connectivity index (χ1) is 5.66. The molecule has 0 atom stereocenters. The number of aliphatic hydroxyl groups excluding tert-OH is 1. The van der Waals surface area contributed by atoms with Crippen molar-refractivity contribution in [2.45, 2.75) is 13.0 Å². The van der Waals surface area contributed by atoms with E-state index in [1.807, 2.05) is 0 Å². The molecule has 0 radical (unpaired) electrons. The topological polar surface area (TPSA) is 20.2 Å². The van der Waals surface area contributed by atoms with E-state index in [1.54, 1.807) is 6.07 Å². The van der Waals surface area contributed by atoms with E-state index in [0.717, 1.165) is 0 Å². The standard InChI is InChI=1S/C8H7BrF2O/c9-6-3-1-2-5(4-12)7(6)8(10)11/h1-3,8,12H,4H2. The second kappa shape index (κ2) is 3.96. The average Bonchev–Trinajstić information content (AvgIpc) is 2.03. The maximum absolute atomic E-state index is 12.3. The van der Waals surface area contributed by atoms with Gasteiger partial charge in [0.15, 0.2) is 0 Å². The fourth-order valence-electron chi connectivity index (χ4n) is 0.964. The van der Waals surface area contributed by atoms with Gasteiger partial charge in [-0.1, -0.05) is 28.1 Å². The molecule has 12 heavy (non-hydrogen) atoms. The number of aliphatic hydroxyl groups is 1. The summed E-state index contributed by atoms with van der Waals surface area (Å²) in [5, 5.41) is 8.74. The van der Waals surface area contributed by atoms with Gasteiger partial charge in [0.1, 0.15) is 0 Å². The molecule has 1 rings (SSSR count). The lowest BCUT2D eigenvalue weighted by molar-refractivity contribution is 0.146. The maximum atomic E-state index is 12.3. The molecular weight excluding hydrogens is 230 g/mol. The molecular formula is C8H7BrF2O. The van der Waals surface area contributed by atoms with Crippen molar-refractivity contribution in [1.29, 1.82) is 0 Å². The van der Waals surface area contributed by atoms with Crippen molar-refractivity contribution >= 4 is 15.9 Å². The summed E-state index contributed by atoms with van der Waals surface area (Å²) in [6.45, 7) is -0.362. The number of benzene rings is 1. The van der Waals surface area contributed by atoms with Crippen molar-refractivity contribution in [1.82, 2.24) is 0 Å². The van der Waals surface area contributed by atoms with Crippen molar-refractivity contribution < 1.29 is 13.9 Å². The minimum Gasteiger partial charge on any atom is -0.392 e. The van der Waals surface area contributed by atoms with Crippen LogP contribution < -0.4 is 0 Å². The second-order valence-corrected chi connectivity index (χ2v) is 3.13. The fraction of sp³-hybridized carbons (Fsp3) is 0.250. The molecule has 0 amide bonds. The van der Waals surface area contributed by atoms with Gasteiger partial charge in [0.05, 0.1) is 6.61 Å². The Kier molecular flexibility index (Phi) is 3.17. The predicted octanol–water partition coefficient (Wildman–Crippen LogP) is 2.88. The number of halogens is 3. The number of hydrogen-bond donors (Lipinski definition) is 1. The van der Waals surface area contributed by atoms with Gasteiger partial charge in [0, 0.05) is 10.0 Å². The van der Waals surface area contributed by atoms with Crippen LogP contribution in [0.5, 0.6) is 0 Å². The molecule has 1 N–H and O–H groups in total. The monoisotopic (exact) mass is 236 g/mol. The molecule has 0 aliphatic rings. The van der Waals surface area contributed by atoms with Gasteiger partial charge in [-0.15, -0.1) is 0 Å². The van der Waals surface area contributed by atoms with Crippen molar-refractivity contribution in [2.75, 3.05) is 0 Å². The van der Waals surface area contributed by atoms with Gasteiger partial charge in [-0.2, -0.15) is 0 Å². The molecule has 0 heterocycles. The Bertz CT molecular complexity index is 276. The summed E-state index contributed by atoms with van der Waals surface area (Å²) in [7, 11) is 0. The van der Waals surface area contributed by atoms with E-state index >= 15 is 0 Å². The highest BCUT2D eigenvalue weighted by atomic mass is 79.9. The molecule has 4 heteroatoms. The van der Waals surface area contributed by atoms with Crippen LogP contribution in [-0.2, 0) is 6.61 Å². The molecule has 1 aromatic carbocycles. The minimum absolute atomic E-state index is 0.125. The van der Waals surface area contributed by atoms with Crippen molar-refractivity contribution in [2.24, 2.45) is 0 Å². The van der Waals surface area contributed by atoms with E-state index in [1.165, 1.54) is 12.1 Å². The van der Waals surface area contributed by atoms with Gasteiger partial charge >= 0.3 is 0 Å². The van der Waals surface area contributed by atoms with Crippen LogP contribution >= 0.6 is 15.9 Å². The first-order valence-electron chi connectivity index (χ1n) is 3.33. The lowest BCUT2D eigenvalue weighted by atomic mass is 10.1. The van der Waals surface area contributed by atoms with Crippen LogP contribution in [0.3, 0.4) is 0 Å². The molecule has 0 saturated carbocycles. The zero-order valence-corrected chi connectivity index (χ0v) is 7.68. The van der Waals surface area contributed by atoms with E-state index < -0.39 is 6.43 Å². The van der Waals surface area contributed by atoms with Crippen LogP contribution in [0.4, 0.5) is 8.78 Å². The molecule has 0 aliphatic heterocycles. The summed E-state index contributed by atoms with van der Waals surface area (Å²) in [5.41, 5.74) is 0.138. The van der Waals surface area contributed by atoms with E-state index in [9.17, 15) is 8.78 Å². The SMILES string of the molecule is OCc1cccc(Br)c1C(F)F. The third-order valence-electron chi connectivity index (χ3n) is 1.53. The summed E-state index contributed by atoms with van der Waals surface area (Å²) in [5.74, 6) is 0. The van der Waals surface area contributed by atoms with Gasteiger partial charge < -0.3 is 5.11 Å². The highest BCUT2D eigenvalue weighted by Crippen LogP contribution is 2.30. The normalized spacial score (nSPS) is 10.8. The molecule has 0 unspecified atom stereocenters. The van der Waals surface area contributed by atoms with Crippen molar-refractivity contribution in [3.8, 4) is 0 Å². The Balaban J connectivity index is 3.20. The van der Waals surface area contributed by atoms with E-state index in [4.69, 9.17) is 5.11 Å². The summed E-state index contributed by atoms with van der Waals surface area (Å²) in [4.78, 5) is 0. The highest BCUT2D eigenvalue weighted by Gasteiger charge is 2.15. The van der Waals surface area contributed by atoms with Crippen LogP contribution in [-0.4, -0.2) is 5.11 Å². The van der Waals surface area contributed by atoms with Gasteiger partial charge in [-0.25, -0.2) is 8.78 Å². The van der Waals surface area contributed by atoms with E-state index in [-0.39, 0.29) is 17.7 Å². The maximum Gasteiger partial charge on any atom is 0.265 e. The van der Waals surface area contributed by atoms with Crippen molar-refractivity contribution in [3.05, 3.63) is 33.8 Å². The first kappa shape index (κ1) is 9.61. The zero-order valence-electron chi connectivity index (χ0n) is 6.10. The first-order valence-corrected chi connectivity index (χ1v) is 4.12. The Morgan fingerprint density at radius 2 is 2.08 bits per heavy atom. The van der Waals surface area contributed by atoms with E-state index in [0.29, 0.717) is 4.47 Å². The molecule has 66 valence electrons. The zero-order chi connectivity index (χ0) is 9.14. The third kappa shape index (κ3) is 1.81. The number of rotatable bonds is 2. The highest BCUT2D eigenvalue weighted by molar-refractivity contribution is 9.10. The molecule has 0 spiro atoms. The van der Waals surface area contributed by atoms with Gasteiger partial charge in [-0.05, 0) is 11.6 Å². The van der Waals surface area contributed by atoms with Crippen LogP contribution in [0.15, 0.2) is 22.7 Å². The summed E-state index contributed by atoms with van der Waals surface area (Å²) in [6, 6.07) is 4.62. The number of hydrogen-bond acceptors (Lipinski definition) is 1. The third-order valence-corrected chi connectivity index (χ3v) is 2.22. The molecule has 0 aliphatic carbocycles. The summed E-state index contributed by atoms with van der Waals surface area (Å²) < 4.78 is 25.0. The summed E-state index contributed by atoms with van der Waals surface area (Å²) >= 11 is 3.00. The smallest absolute Gasteiger partial charge is 0.265 e. The molecule has 1 aromatic rings. The Morgan fingerprint density at radius 3 is 2.50 bits per heavy atom. The largest absolute Gasteiger partial charge is 0.392 e. The molecule has 0 fully saturated rings. The Labute approximate surface area is 77.2 Å². The quantitative estimate of drug-likeness (QED) is 0.838. The minimum atomic E-state index is -2.55. The van der Waals surface area contributed by atoms with E-state index in [2.05, 4.69) is 15.9 Å². The lowest BCUT2D eigenvalue weighted by Crippen LogP contribution is -1.95. The fourth-order valence-corrected chi connectivity index (χ4v) is 1.54. The lowest BCUT2D eigenvalue weighted by Gasteiger charge is -2.07. The van der Waals surface area contributed by atoms with Gasteiger partial charge in [0.25, 0.3) is 6.43 Å². The van der Waals surface area contributed by atoms with Crippen LogP contribution in [0.25, 0.3) is 0 Å². The van der Waals surface area contributed by atoms with Crippen LogP contribution in [0, 0.1) is 0 Å². The number of alkyl halides is 2. The van der Waals surface area contributed by atoms with Gasteiger partial charge in [0.2, 0.25) is 0 Å². The van der Waals surface area contributed by atoms with Crippen LogP contribution in [0.2, 0.25) is 0 Å². The Hall–Kier alpha value is -0.480.